The van der Waals surface area contributed by atoms with Crippen molar-refractivity contribution in [3.63, 3.8) is 0 Å². The van der Waals surface area contributed by atoms with E-state index in [1.54, 1.807) is 6.92 Å². The molecule has 3 rings (SSSR count). The fourth-order valence-corrected chi connectivity index (χ4v) is 4.09. The molecule has 8 heteroatoms. The number of nitrogens with one attached hydrogen (secondary N) is 2. The van der Waals surface area contributed by atoms with Crippen molar-refractivity contribution < 1.29 is 9.26 Å². The Morgan fingerprint density at radius 1 is 1.19 bits per heavy atom. The number of aromatic nitrogens is 2. The van der Waals surface area contributed by atoms with Crippen LogP contribution in [0.2, 0.25) is 0 Å². The molecule has 0 amide bonds. The van der Waals surface area contributed by atoms with Crippen LogP contribution in [0.4, 0.5) is 0 Å². The molecular formula is C19H34N6O2. The quantitative estimate of drug-likeness (QED) is 0.552. The van der Waals surface area contributed by atoms with E-state index in [-0.39, 0.29) is 0 Å². The number of hydrogen-bond acceptors (Lipinski definition) is 6. The second-order valence-electron chi connectivity index (χ2n) is 7.73. The average Bonchev–Trinajstić information content (AvgIpc) is 3.11. The Kier molecular flexibility index (Phi) is 7.46. The highest BCUT2D eigenvalue weighted by Crippen LogP contribution is 2.36. The van der Waals surface area contributed by atoms with Crippen LogP contribution in [0.5, 0.6) is 0 Å². The maximum absolute atomic E-state index is 5.52. The molecule has 2 aliphatic rings. The second-order valence-corrected chi connectivity index (χ2v) is 7.73. The van der Waals surface area contributed by atoms with Gasteiger partial charge in [0, 0.05) is 45.1 Å². The molecule has 1 aliphatic heterocycles. The van der Waals surface area contributed by atoms with E-state index in [1.807, 2.05) is 0 Å². The van der Waals surface area contributed by atoms with E-state index in [0.717, 1.165) is 51.9 Å². The summed E-state index contributed by atoms with van der Waals surface area (Å²) in [5, 5.41) is 10.9. The molecule has 27 heavy (non-hydrogen) atoms. The van der Waals surface area contributed by atoms with Gasteiger partial charge in [-0.1, -0.05) is 24.4 Å². The Hall–Kier alpha value is -1.67. The fraction of sp³-hybridized carbons (Fsp3) is 0.842. The molecule has 1 aromatic heterocycles. The molecular weight excluding hydrogens is 344 g/mol. The van der Waals surface area contributed by atoms with Crippen LogP contribution in [0.1, 0.15) is 50.7 Å². The van der Waals surface area contributed by atoms with Crippen molar-refractivity contribution in [3.8, 4) is 0 Å². The molecule has 1 saturated heterocycles. The molecule has 0 unspecified atom stereocenters. The molecule has 0 spiro atoms. The summed E-state index contributed by atoms with van der Waals surface area (Å²) >= 11 is 0. The zero-order valence-corrected chi connectivity index (χ0v) is 16.8. The molecule has 0 radical (unpaired) electrons. The molecule has 152 valence electrons. The molecule has 2 N–H and O–H groups in total. The molecule has 8 nitrogen and oxygen atoms in total. The molecule has 2 heterocycles. The van der Waals surface area contributed by atoms with Crippen LogP contribution >= 0.6 is 0 Å². The maximum Gasteiger partial charge on any atom is 0.223 e. The van der Waals surface area contributed by atoms with E-state index in [1.165, 1.54) is 32.1 Å². The van der Waals surface area contributed by atoms with Crippen molar-refractivity contribution in [1.82, 2.24) is 25.7 Å². The maximum atomic E-state index is 5.52. The van der Waals surface area contributed by atoms with Crippen molar-refractivity contribution >= 4 is 5.96 Å². The topological polar surface area (TPSA) is 87.8 Å². The zero-order valence-electron chi connectivity index (χ0n) is 16.8. The number of guanidine groups is 1. The van der Waals surface area contributed by atoms with Crippen LogP contribution in [-0.2, 0) is 11.3 Å². The monoisotopic (exact) mass is 378 g/mol. The summed E-state index contributed by atoms with van der Waals surface area (Å²) in [7, 11) is 0. The predicted molar refractivity (Wildman–Crippen MR) is 105 cm³/mol. The lowest BCUT2D eigenvalue weighted by Crippen LogP contribution is -2.51. The highest BCUT2D eigenvalue weighted by molar-refractivity contribution is 5.79. The van der Waals surface area contributed by atoms with Crippen LogP contribution < -0.4 is 10.6 Å². The largest absolute Gasteiger partial charge is 0.379 e. The molecule has 2 fully saturated rings. The summed E-state index contributed by atoms with van der Waals surface area (Å²) in [6, 6.07) is 0. The van der Waals surface area contributed by atoms with Gasteiger partial charge in [-0.3, -0.25) is 4.90 Å². The number of nitrogens with zero attached hydrogens (tertiary/aromatic N) is 4. The fourth-order valence-electron chi connectivity index (χ4n) is 4.09. The van der Waals surface area contributed by atoms with E-state index < -0.39 is 0 Å². The van der Waals surface area contributed by atoms with E-state index in [9.17, 15) is 0 Å². The van der Waals surface area contributed by atoms with Crippen molar-refractivity contribution in [1.29, 1.82) is 0 Å². The van der Waals surface area contributed by atoms with E-state index in [0.29, 0.717) is 23.7 Å². The van der Waals surface area contributed by atoms with Gasteiger partial charge in [-0.25, -0.2) is 4.99 Å². The van der Waals surface area contributed by atoms with Gasteiger partial charge in [-0.15, -0.1) is 0 Å². The summed E-state index contributed by atoms with van der Waals surface area (Å²) < 4.78 is 10.5. The van der Waals surface area contributed by atoms with Crippen molar-refractivity contribution in [2.75, 3.05) is 45.9 Å². The van der Waals surface area contributed by atoms with E-state index >= 15 is 0 Å². The number of morpholine rings is 1. The zero-order chi connectivity index (χ0) is 19.0. The van der Waals surface area contributed by atoms with Gasteiger partial charge in [-0.05, 0) is 19.8 Å². The Morgan fingerprint density at radius 3 is 2.63 bits per heavy atom. The van der Waals surface area contributed by atoms with E-state index in [2.05, 4.69) is 37.6 Å². The Bertz CT molecular complexity index is 591. The van der Waals surface area contributed by atoms with Gasteiger partial charge in [0.15, 0.2) is 11.8 Å². The van der Waals surface area contributed by atoms with Gasteiger partial charge in [0.2, 0.25) is 5.89 Å². The first-order valence-electron chi connectivity index (χ1n) is 10.3. The summed E-state index contributed by atoms with van der Waals surface area (Å²) in [5.74, 6) is 2.02. The lowest BCUT2D eigenvalue weighted by molar-refractivity contribution is 0.00820. The third-order valence-corrected chi connectivity index (χ3v) is 5.50. The lowest BCUT2D eigenvalue weighted by atomic mass is 9.73. The van der Waals surface area contributed by atoms with Crippen LogP contribution in [0.25, 0.3) is 0 Å². The SMILES string of the molecule is CCNC(=NCc1noc(C)n1)NCC1(CN2CCOCC2)CCCCC1. The Morgan fingerprint density at radius 2 is 1.96 bits per heavy atom. The first-order chi connectivity index (χ1) is 13.2. The average molecular weight is 379 g/mol. The third-order valence-electron chi connectivity index (χ3n) is 5.50. The first kappa shape index (κ1) is 20.1. The first-order valence-corrected chi connectivity index (χ1v) is 10.3. The van der Waals surface area contributed by atoms with Crippen LogP contribution in [-0.4, -0.2) is 66.9 Å². The van der Waals surface area contributed by atoms with Gasteiger partial charge in [0.05, 0.1) is 13.2 Å². The summed E-state index contributed by atoms with van der Waals surface area (Å²) in [6.45, 7) is 11.0. The smallest absolute Gasteiger partial charge is 0.223 e. The third kappa shape index (κ3) is 6.17. The summed E-state index contributed by atoms with van der Waals surface area (Å²) in [4.78, 5) is 11.4. The number of aliphatic imine (C=N–C) groups is 1. The van der Waals surface area contributed by atoms with Crippen molar-refractivity contribution in [2.45, 2.75) is 52.5 Å². The van der Waals surface area contributed by atoms with Crippen molar-refractivity contribution in [2.24, 2.45) is 10.4 Å². The van der Waals surface area contributed by atoms with Gasteiger partial charge < -0.3 is 19.9 Å². The van der Waals surface area contributed by atoms with Crippen LogP contribution in [0.15, 0.2) is 9.52 Å². The van der Waals surface area contributed by atoms with Crippen molar-refractivity contribution in [3.05, 3.63) is 11.7 Å². The van der Waals surface area contributed by atoms with Gasteiger partial charge in [-0.2, -0.15) is 4.98 Å². The minimum Gasteiger partial charge on any atom is -0.379 e. The second kappa shape index (κ2) is 10.0. The normalized spacial score (nSPS) is 21.2. The summed E-state index contributed by atoms with van der Waals surface area (Å²) in [6.07, 6.45) is 6.56. The van der Waals surface area contributed by atoms with E-state index in [4.69, 9.17) is 9.26 Å². The highest BCUT2D eigenvalue weighted by Gasteiger charge is 2.34. The molecule has 1 aromatic rings. The Labute approximate surface area is 162 Å². The molecule has 1 saturated carbocycles. The van der Waals surface area contributed by atoms with Crippen LogP contribution in [0.3, 0.4) is 0 Å². The molecule has 0 aromatic carbocycles. The minimum absolute atomic E-state index is 0.314. The lowest BCUT2D eigenvalue weighted by Gasteiger charge is -2.42. The van der Waals surface area contributed by atoms with Gasteiger partial charge in [0.25, 0.3) is 0 Å². The number of aryl methyl sites for hydroxylation is 1. The minimum atomic E-state index is 0.314. The van der Waals surface area contributed by atoms with Gasteiger partial charge in [0.1, 0.15) is 6.54 Å². The molecule has 0 bridgehead atoms. The summed E-state index contributed by atoms with van der Waals surface area (Å²) in [5.41, 5.74) is 0.314. The molecule has 1 aliphatic carbocycles. The predicted octanol–water partition coefficient (Wildman–Crippen LogP) is 1.72. The van der Waals surface area contributed by atoms with Crippen LogP contribution in [0, 0.1) is 12.3 Å². The number of ether oxygens (including phenoxy) is 1. The highest BCUT2D eigenvalue weighted by atomic mass is 16.5. The number of rotatable bonds is 7. The Balaban J connectivity index is 1.60. The standard InChI is InChI=1S/C19H34N6O2/c1-3-20-18(21-13-17-23-16(2)27-24-17)22-14-19(7-5-4-6-8-19)15-25-9-11-26-12-10-25/h3-15H2,1-2H3,(H2,20,21,22). The van der Waals surface area contributed by atoms with Gasteiger partial charge >= 0.3 is 0 Å². The number of hydrogen-bond donors (Lipinski definition) is 2. The molecule has 0 atom stereocenters.